The number of carbonyl (C=O) groups is 2. The molecule has 1 unspecified atom stereocenters. The van der Waals surface area contributed by atoms with E-state index in [-0.39, 0.29) is 11.9 Å². The third kappa shape index (κ3) is 21.9. The predicted molar refractivity (Wildman–Crippen MR) is 127 cm³/mol. The average molecular weight is 443 g/mol. The number of unbranched alkanes of at least 4 members (excludes halogenated alkanes) is 7. The molecular formula is C26H50O5. The summed E-state index contributed by atoms with van der Waals surface area (Å²) in [4.78, 5) is 23.7. The van der Waals surface area contributed by atoms with Gasteiger partial charge in [-0.3, -0.25) is 9.59 Å². The van der Waals surface area contributed by atoms with Gasteiger partial charge in [0.25, 0.3) is 0 Å². The lowest BCUT2D eigenvalue weighted by Crippen LogP contribution is -2.16. The van der Waals surface area contributed by atoms with Crippen molar-refractivity contribution in [2.45, 2.75) is 117 Å². The fraction of sp³-hybridized carbons (Fsp3) is 0.923. The highest BCUT2D eigenvalue weighted by molar-refractivity contribution is 5.69. The summed E-state index contributed by atoms with van der Waals surface area (Å²) in [6.07, 6.45) is 14.9. The molecule has 5 heteroatoms. The van der Waals surface area contributed by atoms with Crippen molar-refractivity contribution in [3.8, 4) is 0 Å². The Labute approximate surface area is 192 Å². The number of hydrogen-bond acceptors (Lipinski definition) is 5. The summed E-state index contributed by atoms with van der Waals surface area (Å²) in [5.41, 5.74) is 0. The lowest BCUT2D eigenvalue weighted by molar-refractivity contribution is -0.145. The summed E-state index contributed by atoms with van der Waals surface area (Å²) in [6, 6.07) is 0. The predicted octanol–water partition coefficient (Wildman–Crippen LogP) is 6.86. The second kappa shape index (κ2) is 22.1. The third-order valence-electron chi connectivity index (χ3n) is 5.63. The van der Waals surface area contributed by atoms with E-state index in [2.05, 4.69) is 20.8 Å². The number of esters is 2. The van der Waals surface area contributed by atoms with E-state index in [0.717, 1.165) is 70.8 Å². The minimum atomic E-state index is -0.0712. The van der Waals surface area contributed by atoms with Crippen LogP contribution in [0.15, 0.2) is 0 Å². The molecular weight excluding hydrogens is 392 g/mol. The van der Waals surface area contributed by atoms with Crippen molar-refractivity contribution in [3.05, 3.63) is 0 Å². The fourth-order valence-corrected chi connectivity index (χ4v) is 3.56. The number of rotatable bonds is 22. The molecule has 0 amide bonds. The Bertz CT molecular complexity index is 422. The van der Waals surface area contributed by atoms with Crippen LogP contribution in [-0.2, 0) is 23.8 Å². The van der Waals surface area contributed by atoms with E-state index >= 15 is 0 Å². The molecule has 0 aromatic carbocycles. The summed E-state index contributed by atoms with van der Waals surface area (Å²) in [5, 5.41) is 0. The smallest absolute Gasteiger partial charge is 0.305 e. The molecule has 0 saturated carbocycles. The topological polar surface area (TPSA) is 61.8 Å². The van der Waals surface area contributed by atoms with E-state index in [4.69, 9.17) is 14.2 Å². The van der Waals surface area contributed by atoms with Gasteiger partial charge in [-0.2, -0.15) is 0 Å². The Hall–Kier alpha value is -1.10. The van der Waals surface area contributed by atoms with Crippen LogP contribution in [0.4, 0.5) is 0 Å². The van der Waals surface area contributed by atoms with E-state index in [1.165, 1.54) is 19.3 Å². The molecule has 0 aromatic rings. The number of carbonyl (C=O) groups excluding carboxylic acids is 2. The van der Waals surface area contributed by atoms with Gasteiger partial charge < -0.3 is 14.2 Å². The summed E-state index contributed by atoms with van der Waals surface area (Å²) in [6.45, 7) is 8.37. The Kier molecular flexibility index (Phi) is 21.3. The average Bonchev–Trinajstić information content (AvgIpc) is 2.74. The number of hydrogen-bond donors (Lipinski definition) is 0. The van der Waals surface area contributed by atoms with Gasteiger partial charge in [-0.25, -0.2) is 0 Å². The van der Waals surface area contributed by atoms with E-state index in [1.807, 2.05) is 0 Å². The van der Waals surface area contributed by atoms with Crippen LogP contribution in [0.1, 0.15) is 117 Å². The van der Waals surface area contributed by atoms with Crippen molar-refractivity contribution < 1.29 is 23.8 Å². The van der Waals surface area contributed by atoms with Crippen LogP contribution in [0, 0.1) is 11.8 Å². The van der Waals surface area contributed by atoms with Crippen LogP contribution in [0.3, 0.4) is 0 Å². The van der Waals surface area contributed by atoms with Crippen LogP contribution < -0.4 is 0 Å². The lowest BCUT2D eigenvalue weighted by Gasteiger charge is -2.16. The van der Waals surface area contributed by atoms with Gasteiger partial charge in [0, 0.05) is 26.6 Å². The molecule has 5 nitrogen and oxygen atoms in total. The van der Waals surface area contributed by atoms with Gasteiger partial charge in [0.1, 0.15) is 0 Å². The van der Waals surface area contributed by atoms with E-state index in [1.54, 1.807) is 7.11 Å². The Morgan fingerprint density at radius 2 is 1.29 bits per heavy atom. The molecule has 0 radical (unpaired) electrons. The third-order valence-corrected chi connectivity index (χ3v) is 5.63. The quantitative estimate of drug-likeness (QED) is 0.135. The van der Waals surface area contributed by atoms with Crippen molar-refractivity contribution in [2.75, 3.05) is 26.9 Å². The van der Waals surface area contributed by atoms with E-state index in [0.29, 0.717) is 37.9 Å². The summed E-state index contributed by atoms with van der Waals surface area (Å²) in [5.74, 6) is 0.939. The normalized spacial score (nSPS) is 12.2. The van der Waals surface area contributed by atoms with Crippen LogP contribution in [0.5, 0.6) is 0 Å². The first kappa shape index (κ1) is 29.9. The minimum absolute atomic E-state index is 0.0648. The monoisotopic (exact) mass is 442 g/mol. The van der Waals surface area contributed by atoms with E-state index in [9.17, 15) is 9.59 Å². The molecule has 184 valence electrons. The molecule has 0 spiro atoms. The Morgan fingerprint density at radius 3 is 1.87 bits per heavy atom. The van der Waals surface area contributed by atoms with Crippen LogP contribution in [0.25, 0.3) is 0 Å². The zero-order valence-corrected chi connectivity index (χ0v) is 20.9. The summed E-state index contributed by atoms with van der Waals surface area (Å²) in [7, 11) is 1.72. The molecule has 0 heterocycles. The maximum Gasteiger partial charge on any atom is 0.305 e. The zero-order chi connectivity index (χ0) is 23.2. The highest BCUT2D eigenvalue weighted by atomic mass is 16.5. The molecule has 0 aliphatic rings. The molecule has 0 aliphatic heterocycles. The van der Waals surface area contributed by atoms with Crippen LogP contribution >= 0.6 is 0 Å². The van der Waals surface area contributed by atoms with Gasteiger partial charge in [-0.15, -0.1) is 0 Å². The van der Waals surface area contributed by atoms with Gasteiger partial charge in [0.05, 0.1) is 13.2 Å². The molecule has 0 aliphatic carbocycles. The number of methoxy groups -OCH3 is 1. The molecule has 0 rings (SSSR count). The maximum absolute atomic E-state index is 12.0. The highest BCUT2D eigenvalue weighted by Crippen LogP contribution is 2.16. The zero-order valence-electron chi connectivity index (χ0n) is 20.9. The summed E-state index contributed by atoms with van der Waals surface area (Å²) >= 11 is 0. The number of ether oxygens (including phenoxy) is 3. The fourth-order valence-electron chi connectivity index (χ4n) is 3.56. The van der Waals surface area contributed by atoms with Crippen LogP contribution in [0.2, 0.25) is 0 Å². The summed E-state index contributed by atoms with van der Waals surface area (Å²) < 4.78 is 15.9. The SMILES string of the molecule is CCCCCC(CCOC)COC(=O)CCCCCCCCC(=O)OCCCC(C)C. The lowest BCUT2D eigenvalue weighted by atomic mass is 9.99. The maximum atomic E-state index is 12.0. The van der Waals surface area contributed by atoms with Gasteiger partial charge in [0.2, 0.25) is 0 Å². The van der Waals surface area contributed by atoms with Gasteiger partial charge in [-0.1, -0.05) is 65.7 Å². The largest absolute Gasteiger partial charge is 0.466 e. The standard InChI is InChI=1S/C26H50O5/c1-5-6-11-16-24(19-21-29-4)22-31-26(28)18-13-10-8-7-9-12-17-25(27)30-20-14-15-23(2)3/h23-24H,5-22H2,1-4H3. The first-order valence-electron chi connectivity index (χ1n) is 12.8. The second-order valence-electron chi connectivity index (χ2n) is 9.20. The minimum Gasteiger partial charge on any atom is -0.466 e. The van der Waals surface area contributed by atoms with Crippen molar-refractivity contribution in [3.63, 3.8) is 0 Å². The molecule has 0 aromatic heterocycles. The molecule has 0 bridgehead atoms. The van der Waals surface area contributed by atoms with Gasteiger partial charge >= 0.3 is 11.9 Å². The Balaban J connectivity index is 3.59. The van der Waals surface area contributed by atoms with Crippen molar-refractivity contribution >= 4 is 11.9 Å². The second-order valence-corrected chi connectivity index (χ2v) is 9.20. The molecule has 0 saturated heterocycles. The first-order chi connectivity index (χ1) is 15.0. The molecule has 0 N–H and O–H groups in total. The van der Waals surface area contributed by atoms with Crippen LogP contribution in [-0.4, -0.2) is 38.9 Å². The van der Waals surface area contributed by atoms with Crippen molar-refractivity contribution in [2.24, 2.45) is 11.8 Å². The Morgan fingerprint density at radius 1 is 0.677 bits per heavy atom. The highest BCUT2D eigenvalue weighted by Gasteiger charge is 2.12. The molecule has 31 heavy (non-hydrogen) atoms. The van der Waals surface area contributed by atoms with Gasteiger partial charge in [-0.05, 0) is 50.4 Å². The first-order valence-corrected chi connectivity index (χ1v) is 12.8. The van der Waals surface area contributed by atoms with Crippen molar-refractivity contribution in [1.82, 2.24) is 0 Å². The van der Waals surface area contributed by atoms with E-state index < -0.39 is 0 Å². The molecule has 0 fully saturated rings. The van der Waals surface area contributed by atoms with Gasteiger partial charge in [0.15, 0.2) is 0 Å². The van der Waals surface area contributed by atoms with Crippen molar-refractivity contribution in [1.29, 1.82) is 0 Å². The molecule has 1 atom stereocenters.